The number of hydrogen-bond acceptors (Lipinski definition) is 5. The van der Waals surface area contributed by atoms with E-state index in [1.54, 1.807) is 30.5 Å². The summed E-state index contributed by atoms with van der Waals surface area (Å²) in [6.07, 6.45) is 0.498. The van der Waals surface area contributed by atoms with E-state index >= 15 is 0 Å². The third kappa shape index (κ3) is 3.05. The fourth-order valence-electron chi connectivity index (χ4n) is 2.34. The number of aromatic nitrogens is 2. The number of nitrogens with zero attached hydrogens (tertiary/aromatic N) is 2. The molecule has 0 saturated heterocycles. The summed E-state index contributed by atoms with van der Waals surface area (Å²) in [5.41, 5.74) is 0.679. The van der Waals surface area contributed by atoms with Gasteiger partial charge in [0.15, 0.2) is 16.4 Å². The molecule has 24 heavy (non-hydrogen) atoms. The Hall–Kier alpha value is -1.89. The van der Waals surface area contributed by atoms with E-state index in [1.165, 1.54) is 15.7 Å². The van der Waals surface area contributed by atoms with Gasteiger partial charge >= 0.3 is 5.56 Å². The van der Waals surface area contributed by atoms with E-state index in [1.807, 2.05) is 0 Å². The van der Waals surface area contributed by atoms with Gasteiger partial charge in [-0.3, -0.25) is 14.0 Å². The highest BCUT2D eigenvalue weighted by molar-refractivity contribution is 7.15. The monoisotopic (exact) mass is 382 g/mol. The van der Waals surface area contributed by atoms with Crippen molar-refractivity contribution >= 4 is 45.3 Å². The molecule has 3 aromatic rings. The summed E-state index contributed by atoms with van der Waals surface area (Å²) >= 11 is 13.0. The number of carbonyl (C=O) groups is 1. The first-order valence-electron chi connectivity index (χ1n) is 7.05. The lowest BCUT2D eigenvalue weighted by molar-refractivity contribution is 0.0975. The Kier molecular flexibility index (Phi) is 4.62. The molecule has 0 aliphatic carbocycles. The number of aromatic hydroxyl groups is 1. The molecule has 0 atom stereocenters. The van der Waals surface area contributed by atoms with Crippen LogP contribution in [0.2, 0.25) is 10.0 Å². The van der Waals surface area contributed by atoms with Crippen molar-refractivity contribution in [2.75, 3.05) is 0 Å². The van der Waals surface area contributed by atoms with E-state index in [0.29, 0.717) is 27.1 Å². The molecule has 3 rings (SSSR count). The van der Waals surface area contributed by atoms with Crippen LogP contribution in [-0.4, -0.2) is 20.3 Å². The highest BCUT2D eigenvalue weighted by Crippen LogP contribution is 2.24. The molecule has 2 heterocycles. The Morgan fingerprint density at radius 2 is 2.08 bits per heavy atom. The molecular formula is C16H12Cl2N2O3S. The topological polar surface area (TPSA) is 71.7 Å². The average Bonchev–Trinajstić information content (AvgIpc) is 2.93. The van der Waals surface area contributed by atoms with Crippen LogP contribution in [-0.2, 0) is 6.42 Å². The molecule has 1 aromatic carbocycles. The van der Waals surface area contributed by atoms with Gasteiger partial charge in [-0.25, -0.2) is 4.98 Å². The quantitative estimate of drug-likeness (QED) is 0.694. The zero-order valence-electron chi connectivity index (χ0n) is 12.5. The molecule has 8 heteroatoms. The van der Waals surface area contributed by atoms with Crippen LogP contribution >= 0.6 is 34.5 Å². The van der Waals surface area contributed by atoms with Crippen LogP contribution in [0.1, 0.15) is 28.2 Å². The van der Waals surface area contributed by atoms with Gasteiger partial charge in [0.05, 0.1) is 10.0 Å². The molecular weight excluding hydrogens is 371 g/mol. The molecule has 0 aliphatic rings. The Bertz CT molecular complexity index is 1010. The van der Waals surface area contributed by atoms with Crippen molar-refractivity contribution in [1.82, 2.24) is 9.38 Å². The van der Waals surface area contributed by atoms with E-state index < -0.39 is 17.1 Å². The van der Waals surface area contributed by atoms with Gasteiger partial charge in [0.1, 0.15) is 0 Å². The minimum Gasteiger partial charge on any atom is -0.501 e. The standard InChI is InChI=1S/C16H12Cl2N2O3S/c1-8-7-24-16-19-13(14(22)15(23)20(8)16)12(21)5-3-9-2-4-10(17)11(18)6-9/h2,4,6-7,22H,3,5H2,1H3. The SMILES string of the molecule is Cc1csc2nc(C(=O)CCc3ccc(Cl)c(Cl)c3)c(O)c(=O)n12. The van der Waals surface area contributed by atoms with Gasteiger partial charge in [-0.1, -0.05) is 29.3 Å². The summed E-state index contributed by atoms with van der Waals surface area (Å²) in [5.74, 6) is -1.02. The minimum atomic E-state index is -0.628. The van der Waals surface area contributed by atoms with Gasteiger partial charge < -0.3 is 5.11 Å². The minimum absolute atomic E-state index is 0.0957. The van der Waals surface area contributed by atoms with Crippen molar-refractivity contribution in [3.05, 3.63) is 60.9 Å². The number of ketones is 1. The predicted molar refractivity (Wildman–Crippen MR) is 94.9 cm³/mol. The number of carbonyl (C=O) groups excluding carboxylic acids is 1. The fourth-order valence-corrected chi connectivity index (χ4v) is 3.52. The summed E-state index contributed by atoms with van der Waals surface area (Å²) in [5, 5.41) is 12.6. The third-order valence-corrected chi connectivity index (χ3v) is 5.29. The van der Waals surface area contributed by atoms with Gasteiger partial charge in [-0.15, -0.1) is 11.3 Å². The predicted octanol–water partition coefficient (Wildman–Crippen LogP) is 3.89. The second kappa shape index (κ2) is 6.55. The summed E-state index contributed by atoms with van der Waals surface area (Å²) < 4.78 is 1.29. The van der Waals surface area contributed by atoms with Crippen LogP contribution in [0.4, 0.5) is 0 Å². The smallest absolute Gasteiger partial charge is 0.301 e. The molecule has 0 unspecified atom stereocenters. The molecule has 124 valence electrons. The molecule has 0 spiro atoms. The van der Waals surface area contributed by atoms with Crippen molar-refractivity contribution in [2.24, 2.45) is 0 Å². The Balaban J connectivity index is 1.87. The van der Waals surface area contributed by atoms with Crippen LogP contribution in [0.15, 0.2) is 28.4 Å². The first-order valence-corrected chi connectivity index (χ1v) is 8.69. The van der Waals surface area contributed by atoms with Crippen LogP contribution in [0.3, 0.4) is 0 Å². The second-order valence-corrected chi connectivity index (χ2v) is 6.93. The van der Waals surface area contributed by atoms with Crippen LogP contribution in [0.25, 0.3) is 4.96 Å². The number of thiazole rings is 1. The molecule has 0 fully saturated rings. The Morgan fingerprint density at radius 3 is 2.79 bits per heavy atom. The second-order valence-electron chi connectivity index (χ2n) is 5.28. The maximum atomic E-state index is 12.4. The van der Waals surface area contributed by atoms with Crippen molar-refractivity contribution in [2.45, 2.75) is 19.8 Å². The molecule has 0 amide bonds. The number of fused-ring (bicyclic) bond motifs is 1. The van der Waals surface area contributed by atoms with Gasteiger partial charge in [0.25, 0.3) is 0 Å². The highest BCUT2D eigenvalue weighted by Gasteiger charge is 2.20. The summed E-state index contributed by atoms with van der Waals surface area (Å²) in [6.45, 7) is 1.73. The normalized spacial score (nSPS) is 11.1. The zero-order chi connectivity index (χ0) is 17.4. The van der Waals surface area contributed by atoms with Crippen LogP contribution < -0.4 is 5.56 Å². The number of hydrogen-bond donors (Lipinski definition) is 1. The largest absolute Gasteiger partial charge is 0.501 e. The number of halogens is 2. The van der Waals surface area contributed by atoms with E-state index in [0.717, 1.165) is 5.56 Å². The third-order valence-electron chi connectivity index (χ3n) is 3.61. The highest BCUT2D eigenvalue weighted by atomic mass is 35.5. The van der Waals surface area contributed by atoms with Crippen molar-refractivity contribution in [1.29, 1.82) is 0 Å². The van der Waals surface area contributed by atoms with Gasteiger partial charge in [0.2, 0.25) is 5.75 Å². The lowest BCUT2D eigenvalue weighted by Crippen LogP contribution is -2.18. The van der Waals surface area contributed by atoms with E-state index in [9.17, 15) is 14.7 Å². The maximum Gasteiger partial charge on any atom is 0.301 e. The first kappa shape index (κ1) is 17.0. The Labute approximate surface area is 151 Å². The van der Waals surface area contributed by atoms with Crippen molar-refractivity contribution < 1.29 is 9.90 Å². The molecule has 0 radical (unpaired) electrons. The number of rotatable bonds is 4. The van der Waals surface area contributed by atoms with Crippen molar-refractivity contribution in [3.63, 3.8) is 0 Å². The molecule has 2 aromatic heterocycles. The number of benzene rings is 1. The number of aryl methyl sites for hydroxylation is 2. The first-order chi connectivity index (χ1) is 11.4. The lowest BCUT2D eigenvalue weighted by Gasteiger charge is -2.05. The Morgan fingerprint density at radius 1 is 1.33 bits per heavy atom. The summed E-state index contributed by atoms with van der Waals surface area (Å²) in [7, 11) is 0. The molecule has 5 nitrogen and oxygen atoms in total. The summed E-state index contributed by atoms with van der Waals surface area (Å²) in [6, 6.07) is 5.12. The summed E-state index contributed by atoms with van der Waals surface area (Å²) in [4.78, 5) is 29.1. The van der Waals surface area contributed by atoms with Gasteiger partial charge in [-0.2, -0.15) is 0 Å². The fraction of sp³-hybridized carbons (Fsp3) is 0.188. The van der Waals surface area contributed by atoms with Crippen molar-refractivity contribution in [3.8, 4) is 5.75 Å². The zero-order valence-corrected chi connectivity index (χ0v) is 14.9. The average molecular weight is 383 g/mol. The van der Waals surface area contributed by atoms with E-state index in [4.69, 9.17) is 23.2 Å². The molecule has 1 N–H and O–H groups in total. The number of Topliss-reactive ketones (excluding diaryl/α,β-unsaturated/α-hetero) is 1. The lowest BCUT2D eigenvalue weighted by atomic mass is 10.1. The molecule has 0 bridgehead atoms. The van der Waals surface area contributed by atoms with Crippen LogP contribution in [0.5, 0.6) is 5.75 Å². The molecule has 0 saturated carbocycles. The van der Waals surface area contributed by atoms with Crippen LogP contribution in [0, 0.1) is 6.92 Å². The maximum absolute atomic E-state index is 12.4. The van der Waals surface area contributed by atoms with E-state index in [-0.39, 0.29) is 12.1 Å². The van der Waals surface area contributed by atoms with Gasteiger partial charge in [0, 0.05) is 17.5 Å². The molecule has 0 aliphatic heterocycles. The van der Waals surface area contributed by atoms with E-state index in [2.05, 4.69) is 4.98 Å². The van der Waals surface area contributed by atoms with Gasteiger partial charge in [-0.05, 0) is 31.0 Å².